The number of likely N-dealkylation sites (tertiary alicyclic amines) is 1. The maximum Gasteiger partial charge on any atom is 0.323 e. The van der Waals surface area contributed by atoms with Crippen LogP contribution >= 0.6 is 0 Å². The molecular weight excluding hydrogens is 318 g/mol. The molecule has 0 radical (unpaired) electrons. The van der Waals surface area contributed by atoms with Crippen molar-refractivity contribution in [3.05, 3.63) is 29.3 Å². The molecule has 0 bridgehead atoms. The van der Waals surface area contributed by atoms with E-state index in [1.807, 2.05) is 12.1 Å². The lowest BCUT2D eigenvalue weighted by molar-refractivity contribution is -0.146. The van der Waals surface area contributed by atoms with E-state index in [1.165, 1.54) is 26.4 Å². The molecule has 3 atom stereocenters. The lowest BCUT2D eigenvalue weighted by Crippen LogP contribution is -2.42. The number of fused-ring (bicyclic) bond motifs is 1. The van der Waals surface area contributed by atoms with E-state index < -0.39 is 0 Å². The number of ether oxygens (including phenoxy) is 2. The topological polar surface area (TPSA) is 55.8 Å². The number of nitrogens with zero attached hydrogens (tertiary/aromatic N) is 1. The molecule has 1 aliphatic carbocycles. The van der Waals surface area contributed by atoms with Crippen LogP contribution in [-0.4, -0.2) is 43.0 Å². The molecule has 1 saturated carbocycles. The summed E-state index contributed by atoms with van der Waals surface area (Å²) in [6, 6.07) is 5.72. The molecule has 25 heavy (non-hydrogen) atoms. The van der Waals surface area contributed by atoms with Gasteiger partial charge in [0.15, 0.2) is 5.78 Å². The van der Waals surface area contributed by atoms with Gasteiger partial charge >= 0.3 is 5.97 Å². The zero-order valence-corrected chi connectivity index (χ0v) is 15.3. The number of carbonyl (C=O) groups excluding carboxylic acids is 2. The predicted octanol–water partition coefficient (Wildman–Crippen LogP) is 3.20. The highest BCUT2D eigenvalue weighted by atomic mass is 16.5. The van der Waals surface area contributed by atoms with Gasteiger partial charge in [-0.25, -0.2) is 0 Å². The van der Waals surface area contributed by atoms with E-state index in [2.05, 4.69) is 4.90 Å². The smallest absolute Gasteiger partial charge is 0.323 e. The van der Waals surface area contributed by atoms with Gasteiger partial charge < -0.3 is 9.47 Å². The third kappa shape index (κ3) is 3.56. The first kappa shape index (κ1) is 17.9. The number of hydrogen-bond donors (Lipinski definition) is 0. The minimum Gasteiger partial charge on any atom is -0.496 e. The van der Waals surface area contributed by atoms with Crippen molar-refractivity contribution in [3.63, 3.8) is 0 Å². The molecule has 1 aromatic rings. The molecular formula is C20H27NO4. The highest BCUT2D eigenvalue weighted by Gasteiger charge is 2.45. The van der Waals surface area contributed by atoms with Gasteiger partial charge in [0.1, 0.15) is 11.8 Å². The number of hydrogen-bond acceptors (Lipinski definition) is 5. The molecule has 5 heteroatoms. The average Bonchev–Trinajstić information content (AvgIpc) is 2.99. The zero-order chi connectivity index (χ0) is 18.0. The van der Waals surface area contributed by atoms with Gasteiger partial charge in [0, 0.05) is 23.7 Å². The normalized spacial score (nSPS) is 26.1. The summed E-state index contributed by atoms with van der Waals surface area (Å²) in [5, 5.41) is 0. The molecule has 3 rings (SSSR count). The quantitative estimate of drug-likeness (QED) is 0.606. The molecule has 0 N–H and O–H groups in total. The van der Waals surface area contributed by atoms with E-state index in [4.69, 9.17) is 9.47 Å². The van der Waals surface area contributed by atoms with Crippen LogP contribution in [0.3, 0.4) is 0 Å². The fourth-order valence-electron chi connectivity index (χ4n) is 4.47. The summed E-state index contributed by atoms with van der Waals surface area (Å²) in [7, 11) is 3.09. The molecule has 2 aliphatic rings. The van der Waals surface area contributed by atoms with E-state index in [1.54, 1.807) is 20.1 Å². The largest absolute Gasteiger partial charge is 0.496 e. The van der Waals surface area contributed by atoms with Crippen molar-refractivity contribution in [2.75, 3.05) is 14.2 Å². The number of ketones is 1. The first-order chi connectivity index (χ1) is 12.0. The molecule has 3 unspecified atom stereocenters. The Labute approximate surface area is 149 Å². The molecule has 0 aromatic heterocycles. The Bertz CT molecular complexity index is 657. The van der Waals surface area contributed by atoms with Crippen molar-refractivity contribution >= 4 is 11.8 Å². The minimum atomic E-state index is -0.205. The highest BCUT2D eigenvalue weighted by molar-refractivity contribution is 5.94. The van der Waals surface area contributed by atoms with Crippen molar-refractivity contribution in [2.24, 2.45) is 5.92 Å². The van der Waals surface area contributed by atoms with E-state index in [-0.39, 0.29) is 17.8 Å². The maximum absolute atomic E-state index is 12.3. The standard InChI is InChI=1S/C20H27NO4/c1-13(22)14-8-9-19(24-2)16(10-14)12-21-17-7-5-4-6-15(17)11-18(21)20(23)25-3/h8-10,15,17-18H,4-7,11-12H2,1-3H3. The second-order valence-electron chi connectivity index (χ2n) is 7.14. The van der Waals surface area contributed by atoms with E-state index in [0.717, 1.165) is 24.2 Å². The summed E-state index contributed by atoms with van der Waals surface area (Å²) in [5.74, 6) is 1.19. The number of esters is 1. The second-order valence-corrected chi connectivity index (χ2v) is 7.14. The number of benzene rings is 1. The lowest BCUT2D eigenvalue weighted by atomic mass is 9.84. The van der Waals surface area contributed by atoms with Crippen molar-refractivity contribution in [2.45, 2.75) is 57.7 Å². The van der Waals surface area contributed by atoms with Gasteiger partial charge in [-0.1, -0.05) is 12.8 Å². The fourth-order valence-corrected chi connectivity index (χ4v) is 4.47. The van der Waals surface area contributed by atoms with E-state index in [0.29, 0.717) is 24.1 Å². The van der Waals surface area contributed by atoms with Crippen molar-refractivity contribution < 1.29 is 19.1 Å². The monoisotopic (exact) mass is 345 g/mol. The van der Waals surface area contributed by atoms with Gasteiger partial charge in [0.05, 0.1) is 14.2 Å². The highest BCUT2D eigenvalue weighted by Crippen LogP contribution is 2.41. The summed E-state index contributed by atoms with van der Waals surface area (Å²) in [6.45, 7) is 2.17. The molecule has 1 aromatic carbocycles. The SMILES string of the molecule is COC(=O)C1CC2CCCCC2N1Cc1cc(C(C)=O)ccc1OC. The number of rotatable bonds is 5. The van der Waals surface area contributed by atoms with Crippen LogP contribution in [0.2, 0.25) is 0 Å². The third-order valence-corrected chi connectivity index (χ3v) is 5.73. The zero-order valence-electron chi connectivity index (χ0n) is 15.3. The van der Waals surface area contributed by atoms with Gasteiger partial charge in [-0.2, -0.15) is 0 Å². The van der Waals surface area contributed by atoms with Crippen molar-refractivity contribution in [1.82, 2.24) is 4.90 Å². The Morgan fingerprint density at radius 3 is 2.64 bits per heavy atom. The summed E-state index contributed by atoms with van der Waals surface area (Å²) < 4.78 is 10.6. The van der Waals surface area contributed by atoms with Crippen LogP contribution in [0.5, 0.6) is 5.75 Å². The molecule has 2 fully saturated rings. The van der Waals surface area contributed by atoms with Crippen LogP contribution in [0, 0.1) is 5.92 Å². The van der Waals surface area contributed by atoms with Gasteiger partial charge in [-0.15, -0.1) is 0 Å². The summed E-state index contributed by atoms with van der Waals surface area (Å²) >= 11 is 0. The number of Topliss-reactive ketones (excluding diaryl/α,β-unsaturated/α-hetero) is 1. The Kier molecular flexibility index (Phi) is 5.42. The molecule has 0 spiro atoms. The van der Waals surface area contributed by atoms with Crippen LogP contribution in [-0.2, 0) is 16.1 Å². The van der Waals surface area contributed by atoms with Gasteiger partial charge in [0.2, 0.25) is 0 Å². The average molecular weight is 345 g/mol. The molecule has 0 amide bonds. The minimum absolute atomic E-state index is 0.0328. The van der Waals surface area contributed by atoms with Crippen LogP contribution in [0.1, 0.15) is 54.9 Å². The van der Waals surface area contributed by atoms with E-state index in [9.17, 15) is 9.59 Å². The Hall–Kier alpha value is -1.88. The molecule has 1 heterocycles. The Morgan fingerprint density at radius 2 is 1.96 bits per heavy atom. The van der Waals surface area contributed by atoms with Crippen molar-refractivity contribution in [1.29, 1.82) is 0 Å². The predicted molar refractivity (Wildman–Crippen MR) is 94.7 cm³/mol. The molecule has 5 nitrogen and oxygen atoms in total. The molecule has 1 saturated heterocycles. The van der Waals surface area contributed by atoms with Crippen LogP contribution < -0.4 is 4.74 Å². The van der Waals surface area contributed by atoms with Gasteiger partial charge in [0.25, 0.3) is 0 Å². The first-order valence-electron chi connectivity index (χ1n) is 9.06. The summed E-state index contributed by atoms with van der Waals surface area (Å²) in [4.78, 5) is 26.4. The summed E-state index contributed by atoms with van der Waals surface area (Å²) in [6.07, 6.45) is 5.61. The maximum atomic E-state index is 12.3. The Balaban J connectivity index is 1.91. The molecule has 136 valence electrons. The summed E-state index contributed by atoms with van der Waals surface area (Å²) in [5.41, 5.74) is 1.63. The van der Waals surface area contributed by atoms with Crippen LogP contribution in [0.25, 0.3) is 0 Å². The fraction of sp³-hybridized carbons (Fsp3) is 0.600. The molecule has 1 aliphatic heterocycles. The third-order valence-electron chi connectivity index (χ3n) is 5.73. The van der Waals surface area contributed by atoms with Crippen LogP contribution in [0.4, 0.5) is 0 Å². The van der Waals surface area contributed by atoms with Crippen molar-refractivity contribution in [3.8, 4) is 5.75 Å². The second kappa shape index (κ2) is 7.56. The Morgan fingerprint density at radius 1 is 1.20 bits per heavy atom. The number of carbonyl (C=O) groups is 2. The van der Waals surface area contributed by atoms with E-state index >= 15 is 0 Å². The number of methoxy groups -OCH3 is 2. The van der Waals surface area contributed by atoms with Gasteiger partial charge in [-0.05, 0) is 50.3 Å². The first-order valence-corrected chi connectivity index (χ1v) is 9.06. The van der Waals surface area contributed by atoms with Crippen LogP contribution in [0.15, 0.2) is 18.2 Å². The van der Waals surface area contributed by atoms with Gasteiger partial charge in [-0.3, -0.25) is 14.5 Å². The lowest BCUT2D eigenvalue weighted by Gasteiger charge is -2.33.